The minimum absolute atomic E-state index is 0. The molecule has 0 aliphatic carbocycles. The fourth-order valence-electron chi connectivity index (χ4n) is 3.98. The molecule has 0 radical (unpaired) electrons. The Morgan fingerprint density at radius 2 is 1.90 bits per heavy atom. The van der Waals surface area contributed by atoms with Gasteiger partial charge in [0.1, 0.15) is 0 Å². The van der Waals surface area contributed by atoms with Crippen molar-refractivity contribution >= 4 is 35.6 Å². The molecule has 1 aromatic carbocycles. The Labute approximate surface area is 196 Å². The number of anilines is 1. The first-order valence-electron chi connectivity index (χ1n) is 10.3. The molecule has 2 atom stereocenters. The molecule has 0 bridgehead atoms. The lowest BCUT2D eigenvalue weighted by molar-refractivity contribution is -0.143. The van der Waals surface area contributed by atoms with Crippen LogP contribution in [0.2, 0.25) is 0 Å². The number of hydrogen-bond acceptors (Lipinski definition) is 3. The summed E-state index contributed by atoms with van der Waals surface area (Å²) in [5, 5.41) is 6.38. The third-order valence-electron chi connectivity index (χ3n) is 5.42. The van der Waals surface area contributed by atoms with Crippen LogP contribution in [0.25, 0.3) is 0 Å². The molecule has 0 spiro atoms. The summed E-state index contributed by atoms with van der Waals surface area (Å²) in [6.45, 7) is 4.41. The molecule has 2 saturated heterocycles. The third-order valence-corrected chi connectivity index (χ3v) is 5.42. The van der Waals surface area contributed by atoms with E-state index in [0.717, 1.165) is 19.0 Å². The van der Waals surface area contributed by atoms with E-state index in [1.807, 2.05) is 11.8 Å². The average Bonchev–Trinajstić information content (AvgIpc) is 3.30. The zero-order valence-corrected chi connectivity index (χ0v) is 19.7. The largest absolute Gasteiger partial charge is 0.401 e. The van der Waals surface area contributed by atoms with Gasteiger partial charge < -0.3 is 15.5 Å². The molecule has 5 nitrogen and oxygen atoms in total. The molecule has 3 rings (SSSR count). The van der Waals surface area contributed by atoms with Crippen molar-refractivity contribution in [3.05, 3.63) is 29.8 Å². The van der Waals surface area contributed by atoms with Crippen LogP contribution in [-0.4, -0.2) is 68.9 Å². The Morgan fingerprint density at radius 1 is 1.13 bits per heavy atom. The summed E-state index contributed by atoms with van der Waals surface area (Å²) < 4.78 is 64.3. The highest BCUT2D eigenvalue weighted by molar-refractivity contribution is 14.0. The van der Waals surface area contributed by atoms with Crippen LogP contribution in [0.1, 0.15) is 19.8 Å². The number of likely N-dealkylation sites (tertiary alicyclic amines) is 1. The molecule has 2 fully saturated rings. The first-order chi connectivity index (χ1) is 14.2. The van der Waals surface area contributed by atoms with Crippen LogP contribution in [0.3, 0.4) is 0 Å². The van der Waals surface area contributed by atoms with E-state index in [1.54, 1.807) is 6.07 Å². The minimum Gasteiger partial charge on any atom is -0.371 e. The molecule has 176 valence electrons. The number of guanidine groups is 1. The van der Waals surface area contributed by atoms with Gasteiger partial charge in [-0.25, -0.2) is 8.78 Å². The topological polar surface area (TPSA) is 42.9 Å². The van der Waals surface area contributed by atoms with Crippen molar-refractivity contribution in [2.45, 2.75) is 32.0 Å². The molecule has 31 heavy (non-hydrogen) atoms. The van der Waals surface area contributed by atoms with E-state index in [1.165, 1.54) is 11.0 Å². The van der Waals surface area contributed by atoms with E-state index in [9.17, 15) is 22.0 Å². The van der Waals surface area contributed by atoms with Crippen LogP contribution in [0.5, 0.6) is 0 Å². The number of alkyl halides is 3. The maximum absolute atomic E-state index is 13.5. The maximum atomic E-state index is 13.5. The van der Waals surface area contributed by atoms with Gasteiger partial charge in [0.2, 0.25) is 0 Å². The van der Waals surface area contributed by atoms with Crippen LogP contribution < -0.4 is 15.5 Å². The highest BCUT2D eigenvalue weighted by atomic mass is 127. The molecule has 0 aromatic heterocycles. The van der Waals surface area contributed by atoms with E-state index in [0.29, 0.717) is 50.8 Å². The lowest BCUT2D eigenvalue weighted by Crippen LogP contribution is -2.45. The molecule has 1 aromatic rings. The van der Waals surface area contributed by atoms with Crippen LogP contribution in [0.15, 0.2) is 23.2 Å². The van der Waals surface area contributed by atoms with E-state index in [4.69, 9.17) is 0 Å². The number of aliphatic imine (C=N–C) groups is 1. The van der Waals surface area contributed by atoms with E-state index < -0.39 is 24.4 Å². The van der Waals surface area contributed by atoms with Crippen molar-refractivity contribution in [3.63, 3.8) is 0 Å². The van der Waals surface area contributed by atoms with Crippen molar-refractivity contribution in [1.29, 1.82) is 0 Å². The minimum atomic E-state index is -4.19. The zero-order valence-electron chi connectivity index (χ0n) is 17.4. The van der Waals surface area contributed by atoms with Gasteiger partial charge in [-0.2, -0.15) is 13.2 Å². The fraction of sp³-hybridized carbons (Fsp3) is 0.650. The number of halogens is 6. The molecular weight excluding hydrogens is 532 g/mol. The number of nitrogens with zero attached hydrogens (tertiary/aromatic N) is 3. The van der Waals surface area contributed by atoms with Crippen LogP contribution in [0, 0.1) is 17.6 Å². The normalized spacial score (nSPS) is 22.5. The summed E-state index contributed by atoms with van der Waals surface area (Å²) in [5.41, 5.74) is 0.654. The monoisotopic (exact) mass is 561 g/mol. The predicted octanol–water partition coefficient (Wildman–Crippen LogP) is 3.60. The second-order valence-corrected chi connectivity index (χ2v) is 7.90. The number of benzene rings is 1. The Kier molecular flexibility index (Phi) is 9.59. The quantitative estimate of drug-likeness (QED) is 0.241. The zero-order chi connectivity index (χ0) is 21.7. The Morgan fingerprint density at radius 3 is 2.58 bits per heavy atom. The molecule has 0 amide bonds. The summed E-state index contributed by atoms with van der Waals surface area (Å²) in [4.78, 5) is 8.02. The van der Waals surface area contributed by atoms with Gasteiger partial charge in [-0.3, -0.25) is 9.89 Å². The molecular formula is C20H29F5IN5. The summed E-state index contributed by atoms with van der Waals surface area (Å²) in [6.07, 6.45) is -2.67. The summed E-state index contributed by atoms with van der Waals surface area (Å²) in [6, 6.07) is 3.84. The second-order valence-electron chi connectivity index (χ2n) is 7.90. The van der Waals surface area contributed by atoms with Gasteiger partial charge in [0.15, 0.2) is 17.6 Å². The van der Waals surface area contributed by atoms with Gasteiger partial charge in [0.25, 0.3) is 0 Å². The SMILES string of the molecule is CCNC(=NCC1CCN(c2ccc(F)c(F)c2)C1)NC1CCN(CC(F)(F)F)C1.I. The predicted molar refractivity (Wildman–Crippen MR) is 122 cm³/mol. The van der Waals surface area contributed by atoms with Crippen LogP contribution in [0.4, 0.5) is 27.6 Å². The molecule has 0 saturated carbocycles. The number of rotatable bonds is 6. The van der Waals surface area contributed by atoms with Gasteiger partial charge in [-0.1, -0.05) is 0 Å². The molecule has 2 heterocycles. The van der Waals surface area contributed by atoms with Crippen molar-refractivity contribution < 1.29 is 22.0 Å². The Balaban J connectivity index is 0.00000341. The highest BCUT2D eigenvalue weighted by Crippen LogP contribution is 2.25. The molecule has 11 heteroatoms. The molecule has 2 N–H and O–H groups in total. The number of nitrogens with one attached hydrogen (secondary N) is 2. The van der Waals surface area contributed by atoms with Gasteiger partial charge in [0.05, 0.1) is 6.54 Å². The number of hydrogen-bond donors (Lipinski definition) is 2. The van der Waals surface area contributed by atoms with E-state index in [-0.39, 0.29) is 35.9 Å². The van der Waals surface area contributed by atoms with Crippen LogP contribution >= 0.6 is 24.0 Å². The van der Waals surface area contributed by atoms with Crippen molar-refractivity contribution in [1.82, 2.24) is 15.5 Å². The van der Waals surface area contributed by atoms with Crippen molar-refractivity contribution in [3.8, 4) is 0 Å². The van der Waals surface area contributed by atoms with Crippen molar-refractivity contribution in [2.24, 2.45) is 10.9 Å². The Bertz CT molecular complexity index is 745. The fourth-order valence-corrected chi connectivity index (χ4v) is 3.98. The van der Waals surface area contributed by atoms with Crippen LogP contribution in [-0.2, 0) is 0 Å². The van der Waals surface area contributed by atoms with Gasteiger partial charge in [-0.15, -0.1) is 24.0 Å². The lowest BCUT2D eigenvalue weighted by Gasteiger charge is -2.20. The molecule has 2 aliphatic rings. The summed E-state index contributed by atoms with van der Waals surface area (Å²) in [5.74, 6) is -0.855. The summed E-state index contributed by atoms with van der Waals surface area (Å²) in [7, 11) is 0. The smallest absolute Gasteiger partial charge is 0.371 e. The standard InChI is InChI=1S/C20H28F5N5.HI/c1-2-26-19(28-15-6-7-29(12-15)13-20(23,24)25)27-10-14-5-8-30(11-14)16-3-4-17(21)18(22)9-16;/h3-4,9,14-15H,2,5-8,10-13H2,1H3,(H2,26,27,28);1H. The molecule has 2 aliphatic heterocycles. The highest BCUT2D eigenvalue weighted by Gasteiger charge is 2.34. The van der Waals surface area contributed by atoms with Gasteiger partial charge in [0, 0.05) is 57.1 Å². The third kappa shape index (κ3) is 7.92. The first-order valence-corrected chi connectivity index (χ1v) is 10.3. The first kappa shape index (κ1) is 25.9. The maximum Gasteiger partial charge on any atom is 0.401 e. The summed E-state index contributed by atoms with van der Waals surface area (Å²) >= 11 is 0. The van der Waals surface area contributed by atoms with Gasteiger partial charge in [-0.05, 0) is 37.8 Å². The molecule has 2 unspecified atom stereocenters. The van der Waals surface area contributed by atoms with Crippen molar-refractivity contribution in [2.75, 3.05) is 50.7 Å². The van der Waals surface area contributed by atoms with E-state index >= 15 is 0 Å². The Hall–Kier alpha value is -1.37. The average molecular weight is 561 g/mol. The second kappa shape index (κ2) is 11.5. The van der Waals surface area contributed by atoms with Gasteiger partial charge >= 0.3 is 6.18 Å². The van der Waals surface area contributed by atoms with E-state index in [2.05, 4.69) is 15.6 Å². The lowest BCUT2D eigenvalue weighted by atomic mass is 10.1.